The first kappa shape index (κ1) is 70.4. The SMILES string of the molecule is CC1(C)c2ccc(cc2)-c2cc(-c3ccccc3)cc(-c3ccccc3)c2N2c3ccccc3B3c4cc5c(cc4Sc4cc1cc2c43)N(c1c(-c2ccccc2)cc(-c2ccccc2)cc1-c1ccccc1)c1cc(N2C3CC4CC(C3)CC2C4)cc2c1B5c1ccccc1N2c1c(-c2ccccc2)cc(-c2ccccc2)cc1-c1ccccc1. The van der Waals surface area contributed by atoms with Crippen LogP contribution in [0.1, 0.15) is 57.1 Å². The third kappa shape index (κ3) is 11.2. The highest BCUT2D eigenvalue weighted by atomic mass is 32.2. The summed E-state index contributed by atoms with van der Waals surface area (Å²) in [6.07, 6.45) is 6.28. The summed E-state index contributed by atoms with van der Waals surface area (Å²) in [5, 5.41) is 0. The summed E-state index contributed by atoms with van der Waals surface area (Å²) >= 11 is 1.99. The van der Waals surface area contributed by atoms with Gasteiger partial charge in [0, 0.05) is 100 Å². The summed E-state index contributed by atoms with van der Waals surface area (Å²) in [5.41, 5.74) is 43.3. The van der Waals surface area contributed by atoms with Crippen molar-refractivity contribution in [3.05, 3.63) is 399 Å². The summed E-state index contributed by atoms with van der Waals surface area (Å²) < 4.78 is 0. The second kappa shape index (κ2) is 27.8. The minimum Gasteiger partial charge on any atom is -0.365 e. The molecule has 0 amide bonds. The van der Waals surface area contributed by atoms with Crippen LogP contribution in [0.25, 0.3) is 100 Å². The van der Waals surface area contributed by atoms with Crippen LogP contribution in [-0.4, -0.2) is 25.5 Å². The Hall–Kier alpha value is -13.6. The highest BCUT2D eigenvalue weighted by molar-refractivity contribution is 8.00. The Balaban J connectivity index is 0.814. The molecule has 121 heavy (non-hydrogen) atoms. The number of para-hydroxylation sites is 2. The molecule has 0 atom stereocenters. The van der Waals surface area contributed by atoms with Gasteiger partial charge in [-0.25, -0.2) is 0 Å². The van der Waals surface area contributed by atoms with Gasteiger partial charge in [0.15, 0.2) is 0 Å². The largest absolute Gasteiger partial charge is 0.365 e. The molecule has 0 spiro atoms. The van der Waals surface area contributed by atoms with Crippen LogP contribution in [0.5, 0.6) is 0 Å². The molecule has 8 aliphatic heterocycles. The van der Waals surface area contributed by atoms with Crippen LogP contribution in [0, 0.1) is 11.8 Å². The molecule has 0 N–H and O–H groups in total. The summed E-state index contributed by atoms with van der Waals surface area (Å²) in [6.45, 7) is 4.50. The van der Waals surface area contributed by atoms with Gasteiger partial charge in [-0.15, -0.1) is 0 Å². The van der Waals surface area contributed by atoms with Crippen molar-refractivity contribution in [2.45, 2.75) is 73.2 Å². The standard InChI is InChI=1S/C114H84B2N4S/c1-114(2)86-53-51-82(52-54-86)96-65-85(76-35-15-5-16-36-76)62-93(79-41-21-8-22-42-79)112(96)118-102-50-30-28-48-98(102)116-100-70-99-103(71-107(100)121-108-67-87(114)66-104(118)110(108)116)120(113-94(80-43-23-9-24-44-80)63-84(75-33-13-4-14-34-75)64-95(113)81-45-25-10-26-46-81)106-69-90(117-88-56-72-55-73(58-88)59-89(117)57-72)68-105-109(106)115(99)97-47-27-29-49-101(97)119(105)111-91(77-37-17-6-18-38-77)60-83(74-31-11-3-12-32-74)61-92(111)78-39-19-7-20-40-78/h3-54,60-73,88-89H,55-59H2,1-2H3. The molecule has 10 aliphatic rings. The van der Waals surface area contributed by atoms with Gasteiger partial charge in [0.05, 0.1) is 17.1 Å². The van der Waals surface area contributed by atoms with Gasteiger partial charge in [0.2, 0.25) is 6.71 Å². The van der Waals surface area contributed by atoms with Crippen molar-refractivity contribution in [3.63, 3.8) is 0 Å². The quantitative estimate of drug-likeness (QED) is 0.119. The molecule has 572 valence electrons. The van der Waals surface area contributed by atoms with Crippen molar-refractivity contribution in [1.29, 1.82) is 0 Å². The highest BCUT2D eigenvalue weighted by Crippen LogP contribution is 2.60. The molecule has 0 radical (unpaired) electrons. The maximum absolute atomic E-state index is 2.98. The molecule has 27 rings (SSSR count). The molecule has 7 heteroatoms. The molecule has 2 saturated heterocycles. The molecule has 2 saturated carbocycles. The van der Waals surface area contributed by atoms with Gasteiger partial charge in [-0.1, -0.05) is 340 Å². The Morgan fingerprint density at radius 2 is 0.579 bits per heavy atom. The lowest BCUT2D eigenvalue weighted by molar-refractivity contribution is 0.0900. The van der Waals surface area contributed by atoms with E-state index in [0.717, 1.165) is 28.7 Å². The molecular formula is C114H84B2N4S. The molecule has 17 aromatic rings. The summed E-state index contributed by atoms with van der Waals surface area (Å²) in [5.74, 6) is 1.51. The second-order valence-corrected chi connectivity index (χ2v) is 36.4. The van der Waals surface area contributed by atoms with E-state index in [1.54, 1.807) is 0 Å². The minimum absolute atomic E-state index is 0.159. The number of fused-ring (bicyclic) bond motifs is 10. The smallest absolute Gasteiger partial charge is 0.252 e. The number of rotatable bonds is 11. The maximum Gasteiger partial charge on any atom is 0.252 e. The molecule has 8 heterocycles. The van der Waals surface area contributed by atoms with Crippen LogP contribution in [-0.2, 0) is 5.41 Å². The Labute approximate surface area is 713 Å². The number of anilines is 10. The van der Waals surface area contributed by atoms with Gasteiger partial charge in [-0.3, -0.25) is 0 Å². The molecular weight excluding hydrogens is 1480 g/mol. The van der Waals surface area contributed by atoms with E-state index < -0.39 is 0 Å². The molecule has 0 unspecified atom stereocenters. The van der Waals surface area contributed by atoms with Crippen LogP contribution in [0.4, 0.5) is 56.9 Å². The van der Waals surface area contributed by atoms with E-state index in [4.69, 9.17) is 0 Å². The third-order valence-corrected chi connectivity index (χ3v) is 29.5. The summed E-state index contributed by atoms with van der Waals surface area (Å²) in [6, 6.07) is 150. The zero-order chi connectivity index (χ0) is 79.7. The van der Waals surface area contributed by atoms with Crippen molar-refractivity contribution >= 4 is 115 Å². The van der Waals surface area contributed by atoms with E-state index in [2.05, 4.69) is 422 Å². The van der Waals surface area contributed by atoms with E-state index >= 15 is 0 Å². The first-order chi connectivity index (χ1) is 59.7. The predicted molar refractivity (Wildman–Crippen MR) is 512 cm³/mol. The van der Waals surface area contributed by atoms with Crippen LogP contribution < -0.4 is 52.4 Å². The highest BCUT2D eigenvalue weighted by Gasteiger charge is 2.52. The maximum atomic E-state index is 2.98. The van der Waals surface area contributed by atoms with E-state index in [0.29, 0.717) is 12.1 Å². The van der Waals surface area contributed by atoms with E-state index in [1.807, 2.05) is 11.8 Å². The fraction of sp³-hybridized carbons (Fsp3) is 0.105. The van der Waals surface area contributed by atoms with Crippen LogP contribution in [0.3, 0.4) is 0 Å². The van der Waals surface area contributed by atoms with Gasteiger partial charge >= 0.3 is 0 Å². The molecule has 17 aromatic carbocycles. The van der Waals surface area contributed by atoms with E-state index in [-0.39, 0.29) is 18.8 Å². The van der Waals surface area contributed by atoms with Crippen molar-refractivity contribution in [2.24, 2.45) is 11.8 Å². The van der Waals surface area contributed by atoms with E-state index in [9.17, 15) is 0 Å². The lowest BCUT2D eigenvalue weighted by atomic mass is 9.31. The zero-order valence-corrected chi connectivity index (χ0v) is 68.5. The van der Waals surface area contributed by atoms with Crippen LogP contribution in [0.2, 0.25) is 0 Å². The third-order valence-electron chi connectivity index (χ3n) is 28.3. The summed E-state index contributed by atoms with van der Waals surface area (Å²) in [7, 11) is 0. The fourth-order valence-electron chi connectivity index (χ4n) is 23.0. The van der Waals surface area contributed by atoms with Gasteiger partial charge in [-0.05, 0) is 228 Å². The number of nitrogens with zero attached hydrogens (tertiary/aromatic N) is 4. The van der Waals surface area contributed by atoms with Gasteiger partial charge in [-0.2, -0.15) is 0 Å². The van der Waals surface area contributed by atoms with Gasteiger partial charge < -0.3 is 19.6 Å². The first-order valence-electron chi connectivity index (χ1n) is 43.4. The molecule has 0 aromatic heterocycles. The molecule has 4 nitrogen and oxygen atoms in total. The zero-order valence-electron chi connectivity index (χ0n) is 67.6. The van der Waals surface area contributed by atoms with Crippen molar-refractivity contribution in [3.8, 4) is 100 Å². The van der Waals surface area contributed by atoms with Gasteiger partial charge in [0.25, 0.3) is 6.71 Å². The second-order valence-electron chi connectivity index (χ2n) is 35.4. The number of benzene rings is 17. The normalized spacial score (nSPS) is 17.3. The first-order valence-corrected chi connectivity index (χ1v) is 44.2. The Morgan fingerprint density at radius 1 is 0.248 bits per heavy atom. The number of hydrogen-bond donors (Lipinski definition) is 0. The van der Waals surface area contributed by atoms with E-state index in [1.165, 1.54) is 226 Å². The number of hydrogen-bond acceptors (Lipinski definition) is 5. The van der Waals surface area contributed by atoms with Crippen molar-refractivity contribution < 1.29 is 0 Å². The van der Waals surface area contributed by atoms with Crippen molar-refractivity contribution in [1.82, 2.24) is 0 Å². The van der Waals surface area contributed by atoms with Gasteiger partial charge in [0.1, 0.15) is 0 Å². The molecule has 8 bridgehead atoms. The Bertz CT molecular complexity index is 6880. The minimum atomic E-state index is -0.389. The Kier molecular flexibility index (Phi) is 16.2. The monoisotopic (exact) mass is 1560 g/mol. The molecule has 2 aliphatic carbocycles. The summed E-state index contributed by atoms with van der Waals surface area (Å²) in [4.78, 5) is 13.9. The van der Waals surface area contributed by atoms with Crippen molar-refractivity contribution in [2.75, 3.05) is 19.6 Å². The average Bonchev–Trinajstić information content (AvgIpc) is 0.897. The Morgan fingerprint density at radius 3 is 0.967 bits per heavy atom. The predicted octanol–water partition coefficient (Wildman–Crippen LogP) is 25.9. The number of piperidine rings is 2. The average molecular weight is 1560 g/mol. The topological polar surface area (TPSA) is 13.0 Å². The lowest BCUT2D eigenvalue weighted by Crippen LogP contribution is -2.64. The van der Waals surface area contributed by atoms with Crippen LogP contribution >= 0.6 is 11.8 Å². The van der Waals surface area contributed by atoms with Crippen LogP contribution in [0.15, 0.2) is 398 Å². The fourth-order valence-corrected chi connectivity index (χ4v) is 24.2. The molecule has 4 fully saturated rings. The lowest BCUT2D eigenvalue weighted by Gasteiger charge is -2.58.